The summed E-state index contributed by atoms with van der Waals surface area (Å²) in [5.74, 6) is -0.888. The van der Waals surface area contributed by atoms with Crippen molar-refractivity contribution in [2.45, 2.75) is 24.9 Å². The number of nitrogens with one attached hydrogen (secondary N) is 2. The summed E-state index contributed by atoms with van der Waals surface area (Å²) in [4.78, 5) is 50.9. The van der Waals surface area contributed by atoms with Crippen LogP contribution in [0.3, 0.4) is 0 Å². The summed E-state index contributed by atoms with van der Waals surface area (Å²) >= 11 is 0. The number of aromatic nitrogens is 2. The van der Waals surface area contributed by atoms with E-state index in [9.17, 15) is 14.4 Å². The molecule has 0 saturated carbocycles. The smallest absolute Gasteiger partial charge is 0.360 e. The molecule has 0 aliphatic carbocycles. The number of oxazole rings is 1. The summed E-state index contributed by atoms with van der Waals surface area (Å²) in [5, 5.41) is 3.85. The fourth-order valence-corrected chi connectivity index (χ4v) is 5.98. The number of piperazine rings is 1. The van der Waals surface area contributed by atoms with E-state index in [1.165, 1.54) is 24.6 Å². The molecule has 1 atom stereocenters. The van der Waals surface area contributed by atoms with Crippen molar-refractivity contribution in [3.8, 4) is 0 Å². The highest BCUT2D eigenvalue weighted by atomic mass is 16.5. The minimum absolute atomic E-state index is 0.0605. The number of hydrogen-bond donors (Lipinski definition) is 2. The van der Waals surface area contributed by atoms with Gasteiger partial charge in [0, 0.05) is 43.5 Å². The van der Waals surface area contributed by atoms with E-state index in [2.05, 4.69) is 44.5 Å². The van der Waals surface area contributed by atoms with Gasteiger partial charge in [-0.1, -0.05) is 78.9 Å². The summed E-state index contributed by atoms with van der Waals surface area (Å²) in [6.07, 6.45) is 1.59. The Kier molecular flexibility index (Phi) is 9.02. The minimum Gasteiger partial charge on any atom is -0.464 e. The Labute approximate surface area is 261 Å². The Hall–Kier alpha value is -5.22. The Morgan fingerprint density at radius 2 is 1.56 bits per heavy atom. The van der Waals surface area contributed by atoms with Gasteiger partial charge in [0.25, 0.3) is 5.91 Å². The highest BCUT2D eigenvalue weighted by molar-refractivity contribution is 6.00. The second-order valence-corrected chi connectivity index (χ2v) is 11.0. The van der Waals surface area contributed by atoms with E-state index in [0.29, 0.717) is 37.6 Å². The molecule has 1 aliphatic rings. The van der Waals surface area contributed by atoms with Gasteiger partial charge in [0.05, 0.1) is 13.2 Å². The molecule has 2 amide bonds. The lowest BCUT2D eigenvalue weighted by Crippen LogP contribution is -2.55. The third-order valence-corrected chi connectivity index (χ3v) is 8.28. The van der Waals surface area contributed by atoms with Crippen LogP contribution in [0.15, 0.2) is 102 Å². The SMILES string of the molecule is COC(=O)c1ncoc1CC[C@H](NC(=O)c1cc2ccccc2[nH]1)C(=O)N1CCN(C(c2ccccc2)c2ccccc2)CC1. The number of carbonyl (C=O) groups excluding carboxylic acids is 3. The molecule has 2 N–H and O–H groups in total. The topological polar surface area (TPSA) is 121 Å². The quantitative estimate of drug-likeness (QED) is 0.223. The van der Waals surface area contributed by atoms with Gasteiger partial charge in [0.2, 0.25) is 5.91 Å². The van der Waals surface area contributed by atoms with Crippen molar-refractivity contribution in [3.63, 3.8) is 0 Å². The summed E-state index contributed by atoms with van der Waals surface area (Å²) in [7, 11) is 1.27. The number of ether oxygens (including phenoxy) is 1. The number of benzene rings is 3. The van der Waals surface area contributed by atoms with E-state index >= 15 is 0 Å². The number of fused-ring (bicyclic) bond motifs is 1. The van der Waals surface area contributed by atoms with Crippen molar-refractivity contribution in [2.75, 3.05) is 33.3 Å². The first kappa shape index (κ1) is 29.8. The van der Waals surface area contributed by atoms with Crippen LogP contribution in [-0.4, -0.2) is 76.9 Å². The summed E-state index contributed by atoms with van der Waals surface area (Å²) in [5.41, 5.74) is 3.65. The van der Waals surface area contributed by atoms with Gasteiger partial charge < -0.3 is 24.4 Å². The van der Waals surface area contributed by atoms with Gasteiger partial charge in [0.15, 0.2) is 12.1 Å². The van der Waals surface area contributed by atoms with Crippen molar-refractivity contribution in [2.24, 2.45) is 0 Å². The van der Waals surface area contributed by atoms with Crippen molar-refractivity contribution in [1.29, 1.82) is 0 Å². The molecule has 2 aromatic heterocycles. The molecule has 230 valence electrons. The lowest BCUT2D eigenvalue weighted by Gasteiger charge is -2.40. The van der Waals surface area contributed by atoms with Crippen molar-refractivity contribution in [1.82, 2.24) is 25.1 Å². The van der Waals surface area contributed by atoms with E-state index in [-0.39, 0.29) is 36.4 Å². The third-order valence-electron chi connectivity index (χ3n) is 8.28. The Bertz CT molecular complexity index is 1690. The van der Waals surface area contributed by atoms with E-state index in [4.69, 9.17) is 9.15 Å². The lowest BCUT2D eigenvalue weighted by atomic mass is 9.96. The highest BCUT2D eigenvalue weighted by Crippen LogP contribution is 2.29. The summed E-state index contributed by atoms with van der Waals surface area (Å²) < 4.78 is 10.3. The van der Waals surface area contributed by atoms with Crippen LogP contribution in [0.25, 0.3) is 10.9 Å². The average Bonchev–Trinajstić information content (AvgIpc) is 3.75. The first-order chi connectivity index (χ1) is 22.0. The normalized spacial score (nSPS) is 14.4. The zero-order valence-corrected chi connectivity index (χ0v) is 25.0. The maximum Gasteiger partial charge on any atom is 0.360 e. The van der Waals surface area contributed by atoms with E-state index in [1.807, 2.05) is 60.7 Å². The van der Waals surface area contributed by atoms with Gasteiger partial charge in [-0.05, 0) is 29.7 Å². The Morgan fingerprint density at radius 3 is 2.20 bits per heavy atom. The Balaban J connectivity index is 1.19. The number of aromatic amines is 1. The lowest BCUT2D eigenvalue weighted by molar-refractivity contribution is -0.135. The van der Waals surface area contributed by atoms with Crippen LogP contribution in [-0.2, 0) is 16.0 Å². The van der Waals surface area contributed by atoms with E-state index in [1.54, 1.807) is 11.0 Å². The predicted octanol–water partition coefficient (Wildman–Crippen LogP) is 4.61. The number of esters is 1. The molecule has 0 bridgehead atoms. The zero-order valence-electron chi connectivity index (χ0n) is 25.0. The van der Waals surface area contributed by atoms with Crippen LogP contribution >= 0.6 is 0 Å². The molecule has 3 heterocycles. The molecule has 1 saturated heterocycles. The number of H-pyrrole nitrogens is 1. The van der Waals surface area contributed by atoms with Gasteiger partial charge in [-0.2, -0.15) is 0 Å². The van der Waals surface area contributed by atoms with E-state index in [0.717, 1.165) is 10.9 Å². The first-order valence-electron chi connectivity index (χ1n) is 15.0. The summed E-state index contributed by atoms with van der Waals surface area (Å²) in [6, 6.07) is 29.3. The molecule has 6 rings (SSSR count). The molecule has 10 nitrogen and oxygen atoms in total. The molecule has 1 fully saturated rings. The van der Waals surface area contributed by atoms with Gasteiger partial charge >= 0.3 is 5.97 Å². The second kappa shape index (κ2) is 13.6. The minimum atomic E-state index is -0.856. The molecule has 5 aromatic rings. The molecule has 1 aliphatic heterocycles. The van der Waals surface area contributed by atoms with Gasteiger partial charge in [0.1, 0.15) is 17.5 Å². The number of rotatable bonds is 10. The Morgan fingerprint density at radius 1 is 0.911 bits per heavy atom. The molecule has 0 spiro atoms. The number of hydrogen-bond acceptors (Lipinski definition) is 7. The maximum atomic E-state index is 14.0. The third kappa shape index (κ3) is 6.66. The fourth-order valence-electron chi connectivity index (χ4n) is 5.98. The van der Waals surface area contributed by atoms with Crippen molar-refractivity contribution in [3.05, 3.63) is 126 Å². The van der Waals surface area contributed by atoms with E-state index < -0.39 is 12.0 Å². The first-order valence-corrected chi connectivity index (χ1v) is 15.0. The van der Waals surface area contributed by atoms with Gasteiger partial charge in [-0.3, -0.25) is 14.5 Å². The maximum absolute atomic E-state index is 14.0. The van der Waals surface area contributed by atoms with Crippen molar-refractivity contribution < 1.29 is 23.5 Å². The number of carbonyl (C=O) groups is 3. The van der Waals surface area contributed by atoms with Gasteiger partial charge in [-0.25, -0.2) is 9.78 Å². The zero-order chi connectivity index (χ0) is 31.2. The van der Waals surface area contributed by atoms with Crippen LogP contribution in [0, 0.1) is 0 Å². The standard InChI is InChI=1S/C35H35N5O5/c1-44-35(43)31-30(45-23-36-31)17-16-28(38-33(41)29-22-26-14-8-9-15-27(26)37-29)34(42)40-20-18-39(19-21-40)32(24-10-4-2-5-11-24)25-12-6-3-7-13-25/h2-15,22-23,28,32,37H,16-21H2,1H3,(H,38,41)/t28-/m0/s1. The average molecular weight is 606 g/mol. The molecule has 0 unspecified atom stereocenters. The number of nitrogens with zero attached hydrogens (tertiary/aromatic N) is 3. The molecular weight excluding hydrogens is 570 g/mol. The number of para-hydroxylation sites is 1. The monoisotopic (exact) mass is 605 g/mol. The second-order valence-electron chi connectivity index (χ2n) is 11.0. The summed E-state index contributed by atoms with van der Waals surface area (Å²) in [6.45, 7) is 2.34. The molecular formula is C35H35N5O5. The number of methoxy groups -OCH3 is 1. The molecule has 3 aromatic carbocycles. The predicted molar refractivity (Wildman–Crippen MR) is 169 cm³/mol. The van der Waals surface area contributed by atoms with Crippen LogP contribution in [0.2, 0.25) is 0 Å². The molecule has 45 heavy (non-hydrogen) atoms. The fraction of sp³-hybridized carbons (Fsp3) is 0.257. The van der Waals surface area contributed by atoms with Gasteiger partial charge in [-0.15, -0.1) is 0 Å². The van der Waals surface area contributed by atoms with Crippen LogP contribution in [0.5, 0.6) is 0 Å². The molecule has 10 heteroatoms. The van der Waals surface area contributed by atoms with Crippen molar-refractivity contribution >= 4 is 28.7 Å². The largest absolute Gasteiger partial charge is 0.464 e. The molecule has 0 radical (unpaired) electrons. The van der Waals surface area contributed by atoms with Crippen LogP contribution < -0.4 is 5.32 Å². The highest BCUT2D eigenvalue weighted by Gasteiger charge is 2.33. The van der Waals surface area contributed by atoms with Crippen LogP contribution in [0.1, 0.15) is 50.3 Å². The van der Waals surface area contributed by atoms with Crippen LogP contribution in [0.4, 0.5) is 0 Å². The number of aryl methyl sites for hydroxylation is 1. The number of amides is 2.